The number of halogens is 2. The molecule has 3 rings (SSSR count). The summed E-state index contributed by atoms with van der Waals surface area (Å²) in [5.74, 6) is 0.432. The van der Waals surface area contributed by atoms with Crippen molar-refractivity contribution < 1.29 is 19.0 Å². The van der Waals surface area contributed by atoms with E-state index in [1.54, 1.807) is 45.0 Å². The Balaban J connectivity index is 1.95. The third kappa shape index (κ3) is 5.11. The van der Waals surface area contributed by atoms with Crippen LogP contribution in [0.15, 0.2) is 44.7 Å². The summed E-state index contributed by atoms with van der Waals surface area (Å²) < 4.78 is 18.0. The summed E-state index contributed by atoms with van der Waals surface area (Å²) in [6.45, 7) is 5.21. The fourth-order valence-corrected chi connectivity index (χ4v) is 3.56. The lowest BCUT2D eigenvalue weighted by Crippen LogP contribution is -2.26. The molecule has 168 valence electrons. The van der Waals surface area contributed by atoms with Crippen molar-refractivity contribution in [1.82, 2.24) is 9.66 Å². The van der Waals surface area contributed by atoms with Gasteiger partial charge in [0.05, 0.1) is 35.9 Å². The molecule has 0 aliphatic carbocycles. The molecule has 0 fully saturated rings. The molecule has 10 heteroatoms. The quantitative estimate of drug-likeness (QED) is 0.339. The van der Waals surface area contributed by atoms with Crippen molar-refractivity contribution in [1.29, 1.82) is 0 Å². The molecule has 32 heavy (non-hydrogen) atoms. The van der Waals surface area contributed by atoms with E-state index in [2.05, 4.69) is 26.0 Å². The lowest BCUT2D eigenvalue weighted by molar-refractivity contribution is -0.150. The Morgan fingerprint density at radius 2 is 2.09 bits per heavy atom. The smallest absolute Gasteiger partial charge is 0.347 e. The van der Waals surface area contributed by atoms with Gasteiger partial charge >= 0.3 is 5.97 Å². The van der Waals surface area contributed by atoms with Crippen LogP contribution in [0, 0.1) is 6.92 Å². The summed E-state index contributed by atoms with van der Waals surface area (Å²) >= 11 is 9.74. The van der Waals surface area contributed by atoms with Crippen LogP contribution in [0.5, 0.6) is 11.5 Å². The average molecular weight is 523 g/mol. The van der Waals surface area contributed by atoms with Gasteiger partial charge in [-0.05, 0) is 56.7 Å². The highest BCUT2D eigenvalue weighted by molar-refractivity contribution is 9.10. The number of hydrogen-bond donors (Lipinski definition) is 0. The second-order valence-corrected chi connectivity index (χ2v) is 8.05. The maximum atomic E-state index is 12.9. The highest BCUT2D eigenvalue weighted by Crippen LogP contribution is 2.37. The summed E-state index contributed by atoms with van der Waals surface area (Å²) in [7, 11) is 1.45. The number of aryl methyl sites for hydroxylation is 1. The molecule has 1 heterocycles. The van der Waals surface area contributed by atoms with Gasteiger partial charge in [0, 0.05) is 4.47 Å². The molecule has 0 saturated carbocycles. The number of benzene rings is 2. The van der Waals surface area contributed by atoms with Gasteiger partial charge in [-0.1, -0.05) is 27.5 Å². The zero-order valence-corrected chi connectivity index (χ0v) is 20.2. The van der Waals surface area contributed by atoms with Gasteiger partial charge in [-0.3, -0.25) is 4.79 Å². The van der Waals surface area contributed by atoms with Crippen molar-refractivity contribution in [2.75, 3.05) is 13.7 Å². The minimum absolute atomic E-state index is 0.206. The Morgan fingerprint density at radius 1 is 1.34 bits per heavy atom. The third-order valence-electron chi connectivity index (χ3n) is 4.46. The molecule has 1 atom stereocenters. The van der Waals surface area contributed by atoms with Crippen LogP contribution in [0.4, 0.5) is 0 Å². The van der Waals surface area contributed by atoms with Gasteiger partial charge in [-0.25, -0.2) is 9.78 Å². The Labute approximate surface area is 197 Å². The molecule has 0 unspecified atom stereocenters. The maximum Gasteiger partial charge on any atom is 0.347 e. The van der Waals surface area contributed by atoms with Crippen molar-refractivity contribution >= 4 is 50.6 Å². The van der Waals surface area contributed by atoms with Crippen LogP contribution in [0.25, 0.3) is 10.9 Å². The van der Waals surface area contributed by atoms with E-state index >= 15 is 0 Å². The lowest BCUT2D eigenvalue weighted by Gasteiger charge is -2.17. The highest BCUT2D eigenvalue weighted by Gasteiger charge is 2.20. The van der Waals surface area contributed by atoms with Gasteiger partial charge in [-0.15, -0.1) is 0 Å². The molecule has 2 aromatic carbocycles. The molecule has 0 aliphatic rings. The first-order valence-electron chi connectivity index (χ1n) is 9.69. The fourth-order valence-electron chi connectivity index (χ4n) is 2.93. The molecule has 0 saturated heterocycles. The van der Waals surface area contributed by atoms with E-state index in [4.69, 9.17) is 25.8 Å². The summed E-state index contributed by atoms with van der Waals surface area (Å²) in [5, 5.41) is 4.94. The van der Waals surface area contributed by atoms with Crippen molar-refractivity contribution in [3.05, 3.63) is 61.6 Å². The first-order valence-corrected chi connectivity index (χ1v) is 10.9. The summed E-state index contributed by atoms with van der Waals surface area (Å²) in [6, 6.07) is 8.51. The van der Waals surface area contributed by atoms with Gasteiger partial charge in [0.2, 0.25) is 0 Å². The number of carbonyl (C=O) groups excluding carboxylic acids is 1. The number of aromatic nitrogens is 2. The first-order chi connectivity index (χ1) is 15.2. The summed E-state index contributed by atoms with van der Waals surface area (Å²) in [5.41, 5.74) is 0.846. The van der Waals surface area contributed by atoms with Crippen molar-refractivity contribution in [3.8, 4) is 11.5 Å². The number of fused-ring (bicyclic) bond motifs is 1. The van der Waals surface area contributed by atoms with E-state index in [1.807, 2.05) is 6.07 Å². The standard InChI is InChI=1S/C22H21BrClN3O5/c1-5-31-22(29)12(2)32-20-17(24)8-14(9-19(20)30-4)11-25-27-13(3)26-18-7-6-15(23)10-16(18)21(27)28/h6-12H,5H2,1-4H3/t12-/m1/s1. The van der Waals surface area contributed by atoms with Gasteiger partial charge in [-0.2, -0.15) is 9.78 Å². The molecule has 0 bridgehead atoms. The monoisotopic (exact) mass is 521 g/mol. The van der Waals surface area contributed by atoms with E-state index in [-0.39, 0.29) is 22.9 Å². The normalized spacial score (nSPS) is 12.2. The van der Waals surface area contributed by atoms with Crippen molar-refractivity contribution in [3.63, 3.8) is 0 Å². The van der Waals surface area contributed by atoms with E-state index in [0.29, 0.717) is 28.0 Å². The molecule has 8 nitrogen and oxygen atoms in total. The first kappa shape index (κ1) is 23.7. The number of carbonyl (C=O) groups is 1. The zero-order chi connectivity index (χ0) is 23.4. The highest BCUT2D eigenvalue weighted by atomic mass is 79.9. The van der Waals surface area contributed by atoms with E-state index in [9.17, 15) is 9.59 Å². The SMILES string of the molecule is CCOC(=O)[C@@H](C)Oc1c(Cl)cc(C=Nn2c(C)nc3ccc(Br)cc3c2=O)cc1OC. The molecular weight excluding hydrogens is 502 g/mol. The number of rotatable bonds is 7. The minimum atomic E-state index is -0.870. The van der Waals surface area contributed by atoms with Gasteiger partial charge < -0.3 is 14.2 Å². The molecule has 0 aliphatic heterocycles. The van der Waals surface area contributed by atoms with E-state index < -0.39 is 12.1 Å². The number of methoxy groups -OCH3 is 1. The van der Waals surface area contributed by atoms with Gasteiger partial charge in [0.25, 0.3) is 5.56 Å². The summed E-state index contributed by atoms with van der Waals surface area (Å²) in [4.78, 5) is 29.2. The van der Waals surface area contributed by atoms with Gasteiger partial charge in [0.15, 0.2) is 17.6 Å². The maximum absolute atomic E-state index is 12.9. The van der Waals surface area contributed by atoms with Gasteiger partial charge in [0.1, 0.15) is 5.82 Å². The van der Waals surface area contributed by atoms with Crippen molar-refractivity contribution in [2.24, 2.45) is 5.10 Å². The number of ether oxygens (including phenoxy) is 3. The predicted molar refractivity (Wildman–Crippen MR) is 126 cm³/mol. The van der Waals surface area contributed by atoms with Crippen LogP contribution in [0.1, 0.15) is 25.2 Å². The van der Waals surface area contributed by atoms with Crippen LogP contribution >= 0.6 is 27.5 Å². The second-order valence-electron chi connectivity index (χ2n) is 6.73. The van der Waals surface area contributed by atoms with Crippen molar-refractivity contribution in [2.45, 2.75) is 26.9 Å². The molecule has 0 radical (unpaired) electrons. The minimum Gasteiger partial charge on any atom is -0.493 e. The number of esters is 1. The van der Waals surface area contributed by atoms with Crippen LogP contribution < -0.4 is 15.0 Å². The van der Waals surface area contributed by atoms with Crippen LogP contribution in [0.2, 0.25) is 5.02 Å². The number of hydrogen-bond acceptors (Lipinski definition) is 7. The number of nitrogens with zero attached hydrogens (tertiary/aromatic N) is 3. The molecule has 0 spiro atoms. The summed E-state index contributed by atoms with van der Waals surface area (Å²) in [6.07, 6.45) is 0.595. The lowest BCUT2D eigenvalue weighted by atomic mass is 10.2. The van der Waals surface area contributed by atoms with E-state index in [1.165, 1.54) is 18.0 Å². The fraction of sp³-hybridized carbons (Fsp3) is 0.273. The Morgan fingerprint density at radius 3 is 2.78 bits per heavy atom. The Kier molecular flexibility index (Phi) is 7.52. The molecular formula is C22H21BrClN3O5. The second kappa shape index (κ2) is 10.1. The topological polar surface area (TPSA) is 92.0 Å². The largest absolute Gasteiger partial charge is 0.493 e. The third-order valence-corrected chi connectivity index (χ3v) is 5.23. The molecule has 1 aromatic heterocycles. The van der Waals surface area contributed by atoms with Crippen LogP contribution in [-0.2, 0) is 9.53 Å². The van der Waals surface area contributed by atoms with E-state index in [0.717, 1.165) is 4.47 Å². The molecule has 0 amide bonds. The zero-order valence-electron chi connectivity index (χ0n) is 17.9. The average Bonchev–Trinajstić information content (AvgIpc) is 2.75. The predicted octanol–water partition coefficient (Wildman–Crippen LogP) is 4.34. The Hall–Kier alpha value is -2.91. The molecule has 0 N–H and O–H groups in total. The van der Waals surface area contributed by atoms with Crippen LogP contribution in [0.3, 0.4) is 0 Å². The Bertz CT molecular complexity index is 1260. The molecule has 3 aromatic rings. The van der Waals surface area contributed by atoms with Crippen LogP contribution in [-0.4, -0.2) is 41.7 Å².